The zero-order chi connectivity index (χ0) is 22.6. The van der Waals surface area contributed by atoms with Crippen LogP contribution in [0.15, 0.2) is 45.6 Å². The largest absolute Gasteiger partial charge is 0.504 e. The molecule has 4 N–H and O–H groups in total. The van der Waals surface area contributed by atoms with Gasteiger partial charge in [-0.15, -0.1) is 0 Å². The lowest BCUT2D eigenvalue weighted by atomic mass is 9.92. The summed E-state index contributed by atoms with van der Waals surface area (Å²) >= 11 is 0. The highest BCUT2D eigenvalue weighted by Crippen LogP contribution is 2.49. The van der Waals surface area contributed by atoms with E-state index in [1.807, 2.05) is 0 Å². The van der Waals surface area contributed by atoms with Crippen LogP contribution in [0.25, 0.3) is 33.4 Å². The van der Waals surface area contributed by atoms with Gasteiger partial charge in [-0.1, -0.05) is 0 Å². The number of nitro benzene ring substituents is 2. The second-order valence-corrected chi connectivity index (χ2v) is 6.51. The third kappa shape index (κ3) is 2.98. The lowest BCUT2D eigenvalue weighted by Crippen LogP contribution is -2.02. The van der Waals surface area contributed by atoms with E-state index in [1.54, 1.807) is 0 Å². The lowest BCUT2D eigenvalue weighted by Gasteiger charge is -2.16. The number of phenols is 4. The fourth-order valence-electron chi connectivity index (χ4n) is 3.26. The first-order valence-electron chi connectivity index (χ1n) is 8.40. The van der Waals surface area contributed by atoms with Gasteiger partial charge in [0.25, 0.3) is 5.69 Å². The average molecular weight is 426 g/mol. The van der Waals surface area contributed by atoms with Gasteiger partial charge in [0.15, 0.2) is 17.2 Å². The Bertz CT molecular complexity index is 1460. The SMILES string of the molecule is O=c1cc2oc3cc(O)c(O)cc3c(-c3cc([N+](=O)[O-])cc([N+](=O)[O-])c3O)c-2cc1O. The average Bonchev–Trinajstić information content (AvgIpc) is 2.69. The molecule has 2 aromatic rings. The van der Waals surface area contributed by atoms with Crippen LogP contribution in [0, 0.1) is 20.2 Å². The molecule has 0 bridgehead atoms. The van der Waals surface area contributed by atoms with Gasteiger partial charge < -0.3 is 24.8 Å². The molecule has 0 fully saturated rings. The highest BCUT2D eigenvalue weighted by atomic mass is 16.6. The quantitative estimate of drug-likeness (QED) is 0.163. The summed E-state index contributed by atoms with van der Waals surface area (Å²) in [5.74, 6) is -3.00. The summed E-state index contributed by atoms with van der Waals surface area (Å²) in [5.41, 5.74) is -3.16. The molecule has 2 aromatic carbocycles. The second kappa shape index (κ2) is 6.59. The number of nitro groups is 2. The number of fused-ring (bicyclic) bond motifs is 2. The Hall–Kier alpha value is -4.87. The lowest BCUT2D eigenvalue weighted by molar-refractivity contribution is -0.394. The van der Waals surface area contributed by atoms with E-state index in [2.05, 4.69) is 0 Å². The van der Waals surface area contributed by atoms with Gasteiger partial charge in [0.05, 0.1) is 15.9 Å². The standard InChI is InChI=1S/C19H10N2O10/c22-12-3-8-16(5-14(12)24)31-17-6-15(25)13(23)4-9(17)18(8)10-1-7(20(27)28)2-11(19(10)26)21(29)30/h1-6,22-24,26H. The van der Waals surface area contributed by atoms with Gasteiger partial charge in [0.2, 0.25) is 11.2 Å². The molecule has 0 radical (unpaired) electrons. The minimum atomic E-state index is -1.01. The van der Waals surface area contributed by atoms with Gasteiger partial charge in [0, 0.05) is 40.3 Å². The van der Waals surface area contributed by atoms with E-state index >= 15 is 0 Å². The van der Waals surface area contributed by atoms with Crippen LogP contribution in [-0.4, -0.2) is 30.3 Å². The zero-order valence-corrected chi connectivity index (χ0v) is 15.1. The molecule has 0 saturated heterocycles. The molecule has 0 aromatic heterocycles. The molecule has 1 aliphatic heterocycles. The van der Waals surface area contributed by atoms with E-state index in [-0.39, 0.29) is 27.9 Å². The Morgan fingerprint density at radius 1 is 0.774 bits per heavy atom. The van der Waals surface area contributed by atoms with Crippen molar-refractivity contribution in [3.63, 3.8) is 0 Å². The summed E-state index contributed by atoms with van der Waals surface area (Å²) in [7, 11) is 0. The summed E-state index contributed by atoms with van der Waals surface area (Å²) in [6.45, 7) is 0. The maximum atomic E-state index is 11.9. The van der Waals surface area contributed by atoms with Crippen LogP contribution in [-0.2, 0) is 0 Å². The van der Waals surface area contributed by atoms with E-state index in [1.165, 1.54) is 0 Å². The Balaban J connectivity index is 2.27. The third-order valence-corrected chi connectivity index (χ3v) is 4.65. The van der Waals surface area contributed by atoms with Gasteiger partial charge in [-0.3, -0.25) is 25.0 Å². The van der Waals surface area contributed by atoms with E-state index in [9.17, 15) is 45.4 Å². The second-order valence-electron chi connectivity index (χ2n) is 6.51. The van der Waals surface area contributed by atoms with Crippen molar-refractivity contribution in [1.29, 1.82) is 0 Å². The van der Waals surface area contributed by atoms with Crippen molar-refractivity contribution in [3.05, 3.63) is 66.9 Å². The minimum absolute atomic E-state index is 0.0223. The van der Waals surface area contributed by atoms with Gasteiger partial charge in [-0.2, -0.15) is 0 Å². The molecule has 0 spiro atoms. The molecule has 12 heteroatoms. The monoisotopic (exact) mass is 426 g/mol. The Morgan fingerprint density at radius 3 is 2.10 bits per heavy atom. The summed E-state index contributed by atoms with van der Waals surface area (Å²) in [4.78, 5) is 32.6. The Kier molecular flexibility index (Phi) is 4.13. The van der Waals surface area contributed by atoms with Crippen LogP contribution in [0.1, 0.15) is 0 Å². The molecular weight excluding hydrogens is 416 g/mol. The van der Waals surface area contributed by atoms with E-state index < -0.39 is 55.2 Å². The molecule has 0 unspecified atom stereocenters. The highest BCUT2D eigenvalue weighted by molar-refractivity contribution is 6.05. The summed E-state index contributed by atoms with van der Waals surface area (Å²) in [6.07, 6.45) is 0. The molecule has 4 rings (SSSR count). The van der Waals surface area contributed by atoms with Crippen LogP contribution in [0.3, 0.4) is 0 Å². The predicted molar refractivity (Wildman–Crippen MR) is 105 cm³/mol. The first-order valence-corrected chi connectivity index (χ1v) is 8.40. The molecule has 1 heterocycles. The molecule has 0 atom stereocenters. The smallest absolute Gasteiger partial charge is 0.318 e. The van der Waals surface area contributed by atoms with Crippen molar-refractivity contribution in [2.75, 3.05) is 0 Å². The third-order valence-electron chi connectivity index (χ3n) is 4.65. The number of nitrogens with zero attached hydrogens (tertiary/aromatic N) is 2. The molecule has 0 saturated carbocycles. The van der Waals surface area contributed by atoms with E-state index in [4.69, 9.17) is 4.42 Å². The molecule has 12 nitrogen and oxygen atoms in total. The first-order chi connectivity index (χ1) is 14.6. The van der Waals surface area contributed by atoms with E-state index in [0.717, 1.165) is 30.3 Å². The number of non-ortho nitro benzene ring substituents is 1. The van der Waals surface area contributed by atoms with Crippen LogP contribution in [0.5, 0.6) is 23.0 Å². The van der Waals surface area contributed by atoms with Crippen molar-refractivity contribution in [2.24, 2.45) is 0 Å². The Morgan fingerprint density at radius 2 is 1.45 bits per heavy atom. The predicted octanol–water partition coefficient (Wildman–Crippen LogP) is 3.20. The van der Waals surface area contributed by atoms with Crippen molar-refractivity contribution >= 4 is 22.3 Å². The maximum Gasteiger partial charge on any atom is 0.318 e. The van der Waals surface area contributed by atoms with Crippen LogP contribution in [0.4, 0.5) is 11.4 Å². The van der Waals surface area contributed by atoms with Crippen LogP contribution < -0.4 is 5.43 Å². The molecular formula is C19H10N2O10. The maximum absolute atomic E-state index is 11.9. The van der Waals surface area contributed by atoms with Crippen molar-refractivity contribution in [1.82, 2.24) is 0 Å². The minimum Gasteiger partial charge on any atom is -0.504 e. The fourth-order valence-corrected chi connectivity index (χ4v) is 3.26. The summed E-state index contributed by atoms with van der Waals surface area (Å²) in [6, 6.07) is 5.31. The van der Waals surface area contributed by atoms with Crippen LogP contribution >= 0.6 is 0 Å². The molecule has 0 amide bonds. The molecule has 2 aliphatic rings. The number of hydrogen-bond acceptors (Lipinski definition) is 10. The van der Waals surface area contributed by atoms with Crippen molar-refractivity contribution in [2.45, 2.75) is 0 Å². The normalized spacial score (nSPS) is 11.1. The fraction of sp³-hybridized carbons (Fsp3) is 0. The number of aromatic hydroxyl groups is 4. The summed E-state index contributed by atoms with van der Waals surface area (Å²) in [5, 5.41) is 62.8. The molecule has 1 aliphatic carbocycles. The first kappa shape index (κ1) is 19.4. The number of phenolic OH excluding ortho intramolecular Hbond substituents is 4. The van der Waals surface area contributed by atoms with Crippen molar-refractivity contribution < 1.29 is 34.7 Å². The molecule has 31 heavy (non-hydrogen) atoms. The number of benzene rings is 3. The van der Waals surface area contributed by atoms with Gasteiger partial charge >= 0.3 is 5.69 Å². The number of hydrogen-bond donors (Lipinski definition) is 4. The van der Waals surface area contributed by atoms with E-state index in [0.29, 0.717) is 6.07 Å². The summed E-state index contributed by atoms with van der Waals surface area (Å²) < 4.78 is 5.54. The number of rotatable bonds is 3. The topological polar surface area (TPSA) is 197 Å². The van der Waals surface area contributed by atoms with Crippen LogP contribution in [0.2, 0.25) is 0 Å². The van der Waals surface area contributed by atoms with Gasteiger partial charge in [-0.25, -0.2) is 0 Å². The Labute approximate surface area is 170 Å². The zero-order valence-electron chi connectivity index (χ0n) is 15.1. The molecule has 156 valence electrons. The van der Waals surface area contributed by atoms with Gasteiger partial charge in [0.1, 0.15) is 11.3 Å². The van der Waals surface area contributed by atoms with Gasteiger partial charge in [-0.05, 0) is 12.1 Å². The van der Waals surface area contributed by atoms with Crippen molar-refractivity contribution in [3.8, 4) is 45.4 Å². The highest BCUT2D eigenvalue weighted by Gasteiger charge is 2.29.